The summed E-state index contributed by atoms with van der Waals surface area (Å²) in [6.07, 6.45) is 2.75. The van der Waals surface area contributed by atoms with Gasteiger partial charge in [-0.05, 0) is 31.8 Å². The molecule has 0 unspecified atom stereocenters. The fourth-order valence-corrected chi connectivity index (χ4v) is 4.28. The quantitative estimate of drug-likeness (QED) is 0.209. The number of nitrogens with one attached hydrogen (secondary N) is 1. The maximum Gasteiger partial charge on any atom is 0.260 e. The number of likely N-dealkylation sites (tertiary alicyclic amines) is 1. The molecule has 2 rings (SSSR count). The Morgan fingerprint density at radius 2 is 1.40 bits per heavy atom. The summed E-state index contributed by atoms with van der Waals surface area (Å²) in [7, 11) is 5.03. The van der Waals surface area contributed by atoms with Gasteiger partial charge in [-0.15, -0.1) is 0 Å². The van der Waals surface area contributed by atoms with Crippen molar-refractivity contribution in [3.05, 3.63) is 0 Å². The summed E-state index contributed by atoms with van der Waals surface area (Å²) in [6, 6.07) is 0. The zero-order valence-electron chi connectivity index (χ0n) is 22.0. The molecule has 11 heteroatoms. The van der Waals surface area contributed by atoms with Crippen molar-refractivity contribution < 1.29 is 28.6 Å². The molecule has 0 aliphatic carbocycles. The van der Waals surface area contributed by atoms with Gasteiger partial charge >= 0.3 is 0 Å². The number of amides is 2. The van der Waals surface area contributed by atoms with Gasteiger partial charge in [0.2, 0.25) is 5.91 Å². The number of likely N-dealkylation sites (N-methyl/N-ethyl adjacent to an activating group) is 1. The first-order chi connectivity index (χ1) is 17.0. The summed E-state index contributed by atoms with van der Waals surface area (Å²) >= 11 is 0. The lowest BCUT2D eigenvalue weighted by Crippen LogP contribution is -2.50. The van der Waals surface area contributed by atoms with Crippen LogP contribution in [-0.2, 0) is 28.6 Å². The first-order valence-electron chi connectivity index (χ1n) is 12.9. The highest BCUT2D eigenvalue weighted by atomic mass is 16.7. The van der Waals surface area contributed by atoms with Gasteiger partial charge in [-0.3, -0.25) is 24.2 Å². The molecule has 2 heterocycles. The minimum absolute atomic E-state index is 0.0408. The molecular weight excluding hydrogens is 454 g/mol. The molecule has 0 saturated carbocycles. The molecule has 1 N–H and O–H groups in total. The molecule has 0 radical (unpaired) electrons. The van der Waals surface area contributed by atoms with E-state index >= 15 is 0 Å². The minimum atomic E-state index is -0.0408. The number of carbonyl (C=O) groups is 2. The van der Waals surface area contributed by atoms with Gasteiger partial charge in [0.1, 0.15) is 0 Å². The van der Waals surface area contributed by atoms with Crippen LogP contribution in [0, 0.1) is 5.92 Å². The zero-order valence-corrected chi connectivity index (χ0v) is 22.0. The molecule has 0 atom stereocenters. The highest BCUT2D eigenvalue weighted by molar-refractivity contribution is 5.77. The topological polar surface area (TPSA) is 96.1 Å². The van der Waals surface area contributed by atoms with E-state index in [1.807, 2.05) is 0 Å². The number of piperazine rings is 1. The van der Waals surface area contributed by atoms with Crippen LogP contribution < -0.4 is 5.32 Å². The average Bonchev–Trinajstić information content (AvgIpc) is 2.87. The Morgan fingerprint density at radius 1 is 0.829 bits per heavy atom. The van der Waals surface area contributed by atoms with E-state index in [2.05, 4.69) is 20.0 Å². The first kappa shape index (κ1) is 29.9. The van der Waals surface area contributed by atoms with Crippen LogP contribution in [0.4, 0.5) is 0 Å². The second-order valence-corrected chi connectivity index (χ2v) is 9.22. The molecule has 2 amide bonds. The predicted molar refractivity (Wildman–Crippen MR) is 133 cm³/mol. The van der Waals surface area contributed by atoms with Crippen LogP contribution in [0.25, 0.3) is 0 Å². The Balaban J connectivity index is 1.44. The van der Waals surface area contributed by atoms with Gasteiger partial charge < -0.3 is 24.4 Å². The molecule has 0 aromatic carbocycles. The van der Waals surface area contributed by atoms with E-state index in [9.17, 15) is 9.59 Å². The van der Waals surface area contributed by atoms with Crippen LogP contribution in [0.5, 0.6) is 0 Å². The van der Waals surface area contributed by atoms with Gasteiger partial charge in [-0.25, -0.2) is 5.06 Å². The normalized spacial score (nSPS) is 18.6. The van der Waals surface area contributed by atoms with E-state index in [0.717, 1.165) is 65.2 Å². The second kappa shape index (κ2) is 18.0. The van der Waals surface area contributed by atoms with Crippen LogP contribution in [-0.4, -0.2) is 151 Å². The molecule has 2 aliphatic heterocycles. The number of nitrogens with zero attached hydrogens (tertiary/aromatic N) is 4. The molecule has 0 bridgehead atoms. The molecule has 2 aliphatic rings. The minimum Gasteiger partial charge on any atom is -0.382 e. The zero-order chi connectivity index (χ0) is 25.3. The molecule has 35 heavy (non-hydrogen) atoms. The van der Waals surface area contributed by atoms with E-state index in [4.69, 9.17) is 19.0 Å². The summed E-state index contributed by atoms with van der Waals surface area (Å²) < 4.78 is 16.2. The van der Waals surface area contributed by atoms with Gasteiger partial charge in [0.05, 0.1) is 46.2 Å². The number of piperidine rings is 1. The number of hydrogen-bond donors (Lipinski definition) is 1. The summed E-state index contributed by atoms with van der Waals surface area (Å²) in [5, 5.41) is 4.03. The molecule has 0 spiro atoms. The molecule has 2 saturated heterocycles. The van der Waals surface area contributed by atoms with E-state index in [-0.39, 0.29) is 11.8 Å². The number of rotatable bonds is 17. The van der Waals surface area contributed by atoms with Crippen molar-refractivity contribution in [2.75, 3.05) is 120 Å². The van der Waals surface area contributed by atoms with Crippen molar-refractivity contribution in [3.8, 4) is 0 Å². The maximum absolute atomic E-state index is 12.4. The number of carbonyl (C=O) groups excluding carboxylic acids is 2. The van der Waals surface area contributed by atoms with Gasteiger partial charge in [0.25, 0.3) is 5.91 Å². The predicted octanol–water partition coefficient (Wildman–Crippen LogP) is -0.478. The fourth-order valence-electron chi connectivity index (χ4n) is 4.28. The summed E-state index contributed by atoms with van der Waals surface area (Å²) in [5.41, 5.74) is 0. The lowest BCUT2D eigenvalue weighted by Gasteiger charge is -2.34. The Morgan fingerprint density at radius 3 is 2.00 bits per heavy atom. The number of hydroxylamine groups is 2. The van der Waals surface area contributed by atoms with Crippen molar-refractivity contribution in [1.29, 1.82) is 0 Å². The average molecular weight is 502 g/mol. The highest BCUT2D eigenvalue weighted by Gasteiger charge is 2.22. The molecule has 0 aromatic heterocycles. The van der Waals surface area contributed by atoms with Crippen molar-refractivity contribution in [3.63, 3.8) is 0 Å². The Kier molecular flexibility index (Phi) is 15.4. The van der Waals surface area contributed by atoms with E-state index in [1.54, 1.807) is 21.2 Å². The van der Waals surface area contributed by atoms with Crippen LogP contribution in [0.2, 0.25) is 0 Å². The highest BCUT2D eigenvalue weighted by Crippen LogP contribution is 2.20. The summed E-state index contributed by atoms with van der Waals surface area (Å²) in [6.45, 7) is 11.2. The first-order valence-corrected chi connectivity index (χ1v) is 12.9. The third-order valence-electron chi connectivity index (χ3n) is 6.68. The number of ether oxygens (including phenoxy) is 3. The van der Waals surface area contributed by atoms with Crippen LogP contribution in [0.3, 0.4) is 0 Å². The number of methoxy groups -OCH3 is 1. The lowest BCUT2D eigenvalue weighted by atomic mass is 9.93. The standard InChI is InChI=1S/C24H47N5O6/c1-25-23(30)20-22-4-6-27(7-5-22)12-14-34-18-19-35-26(2)24(31)21-29-10-8-28(9-11-29)13-15-33-17-16-32-3/h22H,4-21H2,1-3H3,(H,25,30). The van der Waals surface area contributed by atoms with Crippen molar-refractivity contribution in [2.24, 2.45) is 5.92 Å². The molecule has 0 aromatic rings. The van der Waals surface area contributed by atoms with Crippen molar-refractivity contribution in [2.45, 2.75) is 19.3 Å². The van der Waals surface area contributed by atoms with E-state index in [1.165, 1.54) is 5.06 Å². The van der Waals surface area contributed by atoms with Crippen molar-refractivity contribution in [1.82, 2.24) is 25.1 Å². The van der Waals surface area contributed by atoms with E-state index < -0.39 is 0 Å². The smallest absolute Gasteiger partial charge is 0.260 e. The van der Waals surface area contributed by atoms with Crippen LogP contribution in [0.15, 0.2) is 0 Å². The fraction of sp³-hybridized carbons (Fsp3) is 0.917. The van der Waals surface area contributed by atoms with Gasteiger partial charge in [0.15, 0.2) is 0 Å². The molecule has 11 nitrogen and oxygen atoms in total. The molecule has 2 fully saturated rings. The van der Waals surface area contributed by atoms with Gasteiger partial charge in [-0.2, -0.15) is 0 Å². The molecule has 204 valence electrons. The third-order valence-corrected chi connectivity index (χ3v) is 6.68. The van der Waals surface area contributed by atoms with Gasteiger partial charge in [0, 0.05) is 66.9 Å². The van der Waals surface area contributed by atoms with Crippen molar-refractivity contribution >= 4 is 11.8 Å². The number of hydrogen-bond acceptors (Lipinski definition) is 9. The Labute approximate surface area is 210 Å². The SMILES string of the molecule is CNC(=O)CC1CCN(CCOCCON(C)C(=O)CN2CCN(CCOCCOC)CC2)CC1. The lowest BCUT2D eigenvalue weighted by molar-refractivity contribution is -0.183. The van der Waals surface area contributed by atoms with Crippen LogP contribution >= 0.6 is 0 Å². The monoisotopic (exact) mass is 501 g/mol. The third kappa shape index (κ3) is 13.0. The van der Waals surface area contributed by atoms with Crippen LogP contribution in [0.1, 0.15) is 19.3 Å². The Hall–Kier alpha value is -1.34. The Bertz CT molecular complexity index is 583. The summed E-state index contributed by atoms with van der Waals surface area (Å²) in [4.78, 5) is 36.4. The summed E-state index contributed by atoms with van der Waals surface area (Å²) in [5.74, 6) is 0.581. The maximum atomic E-state index is 12.4. The molecular formula is C24H47N5O6. The second-order valence-electron chi connectivity index (χ2n) is 9.22. The largest absolute Gasteiger partial charge is 0.382 e. The van der Waals surface area contributed by atoms with Gasteiger partial charge in [-0.1, -0.05) is 0 Å². The van der Waals surface area contributed by atoms with E-state index in [0.29, 0.717) is 58.5 Å².